The average molecular weight is 373 g/mol. The van der Waals surface area contributed by atoms with E-state index in [1.807, 2.05) is 18.2 Å². The van der Waals surface area contributed by atoms with Crippen LogP contribution in [0.5, 0.6) is 0 Å². The Balaban J connectivity index is 2.73. The summed E-state index contributed by atoms with van der Waals surface area (Å²) in [4.78, 5) is 0. The molecule has 0 bridgehead atoms. The second-order valence-corrected chi connectivity index (χ2v) is 7.82. The summed E-state index contributed by atoms with van der Waals surface area (Å²) >= 11 is 3.34. The highest BCUT2D eigenvalue weighted by Gasteiger charge is 2.21. The molecule has 0 atom stereocenters. The number of unbranched alkanes of at least 4 members (excludes halogenated alkanes) is 3. The molecule has 0 N–H and O–H groups in total. The maximum Gasteiger partial charge on any atom is 0.219 e. The van der Waals surface area contributed by atoms with Gasteiger partial charge < -0.3 is 0 Å². The van der Waals surface area contributed by atoms with Crippen molar-refractivity contribution in [2.45, 2.75) is 38.4 Å². The lowest BCUT2D eigenvalue weighted by molar-refractivity contribution is 0.428. The molecule has 4 nitrogen and oxygen atoms in total. The van der Waals surface area contributed by atoms with Gasteiger partial charge in [-0.2, -0.15) is 9.57 Å². The van der Waals surface area contributed by atoms with Crippen LogP contribution >= 0.6 is 15.9 Å². The van der Waals surface area contributed by atoms with Gasteiger partial charge >= 0.3 is 0 Å². The van der Waals surface area contributed by atoms with Gasteiger partial charge in [-0.1, -0.05) is 54.2 Å². The zero-order valence-corrected chi connectivity index (χ0v) is 14.7. The fraction of sp³-hybridized carbons (Fsp3) is 0.533. The number of sulfonamides is 1. The summed E-state index contributed by atoms with van der Waals surface area (Å²) in [6.07, 6.45) is 3.98. The van der Waals surface area contributed by atoms with E-state index in [4.69, 9.17) is 5.26 Å². The number of hydrogen-bond donors (Lipinski definition) is 0. The van der Waals surface area contributed by atoms with Crippen LogP contribution in [0, 0.1) is 11.3 Å². The van der Waals surface area contributed by atoms with Crippen molar-refractivity contribution in [1.29, 1.82) is 5.26 Å². The number of halogens is 1. The van der Waals surface area contributed by atoms with E-state index in [2.05, 4.69) is 22.9 Å². The Hall–Kier alpha value is -0.900. The van der Waals surface area contributed by atoms with Crippen LogP contribution in [0.2, 0.25) is 0 Å². The molecule has 6 heteroatoms. The quantitative estimate of drug-likeness (QED) is 0.490. The molecule has 116 valence electrons. The molecular weight excluding hydrogens is 352 g/mol. The monoisotopic (exact) mass is 372 g/mol. The van der Waals surface area contributed by atoms with Gasteiger partial charge in [0.25, 0.3) is 0 Å². The van der Waals surface area contributed by atoms with Gasteiger partial charge in [-0.05, 0) is 24.1 Å². The maximum atomic E-state index is 12.4. The molecule has 0 radical (unpaired) electrons. The first-order valence-corrected chi connectivity index (χ1v) is 9.49. The van der Waals surface area contributed by atoms with E-state index in [1.165, 1.54) is 4.31 Å². The molecule has 0 aromatic heterocycles. The number of nitrogens with zero attached hydrogens (tertiary/aromatic N) is 2. The molecule has 0 aliphatic heterocycles. The fourth-order valence-corrected chi connectivity index (χ4v) is 3.93. The van der Waals surface area contributed by atoms with Crippen molar-refractivity contribution >= 4 is 26.0 Å². The standard InChI is InChI=1S/C15H21BrN2O2S/c1-2-3-4-5-10-18(11-9-17)21(19,20)13-14-7-6-8-15(16)12-14/h6-8,12H,2-5,10-11,13H2,1H3. The molecule has 1 aromatic carbocycles. The van der Waals surface area contributed by atoms with Crippen molar-refractivity contribution in [3.05, 3.63) is 34.3 Å². The van der Waals surface area contributed by atoms with Gasteiger partial charge in [-0.15, -0.1) is 0 Å². The van der Waals surface area contributed by atoms with Gasteiger partial charge in [0.05, 0.1) is 11.8 Å². The summed E-state index contributed by atoms with van der Waals surface area (Å²) in [6.45, 7) is 2.45. The molecule has 0 spiro atoms. The predicted octanol–water partition coefficient (Wildman–Crippen LogP) is 3.68. The van der Waals surface area contributed by atoms with Crippen molar-refractivity contribution in [2.24, 2.45) is 0 Å². The minimum atomic E-state index is -3.45. The number of hydrogen-bond acceptors (Lipinski definition) is 3. The second kappa shape index (κ2) is 9.19. The molecule has 0 unspecified atom stereocenters. The molecular formula is C15H21BrN2O2S. The molecule has 0 aliphatic carbocycles. The van der Waals surface area contributed by atoms with Crippen LogP contribution in [0.25, 0.3) is 0 Å². The molecule has 0 heterocycles. The summed E-state index contributed by atoms with van der Waals surface area (Å²) in [5.74, 6) is -0.0676. The van der Waals surface area contributed by atoms with Gasteiger partial charge in [0.2, 0.25) is 10.0 Å². The van der Waals surface area contributed by atoms with Crippen molar-refractivity contribution in [2.75, 3.05) is 13.1 Å². The Bertz CT molecular complexity index is 582. The minimum absolute atomic E-state index is 0.0676. The number of benzene rings is 1. The first-order chi connectivity index (χ1) is 9.99. The highest BCUT2D eigenvalue weighted by atomic mass is 79.9. The zero-order chi connectivity index (χ0) is 15.7. The average Bonchev–Trinajstić information content (AvgIpc) is 2.41. The van der Waals surface area contributed by atoms with Crippen LogP contribution in [-0.2, 0) is 15.8 Å². The van der Waals surface area contributed by atoms with Crippen LogP contribution in [0.3, 0.4) is 0 Å². The predicted molar refractivity (Wildman–Crippen MR) is 88.1 cm³/mol. The summed E-state index contributed by atoms with van der Waals surface area (Å²) in [7, 11) is -3.45. The number of nitriles is 1. The first kappa shape index (κ1) is 18.1. The van der Waals surface area contributed by atoms with E-state index in [1.54, 1.807) is 12.1 Å². The third-order valence-electron chi connectivity index (χ3n) is 3.14. The minimum Gasteiger partial charge on any atom is -0.212 e. The fourth-order valence-electron chi connectivity index (χ4n) is 2.04. The lowest BCUT2D eigenvalue weighted by Gasteiger charge is -2.19. The van der Waals surface area contributed by atoms with Crippen molar-refractivity contribution in [3.8, 4) is 6.07 Å². The van der Waals surface area contributed by atoms with Crippen molar-refractivity contribution in [3.63, 3.8) is 0 Å². The Morgan fingerprint density at radius 1 is 1.29 bits per heavy atom. The Morgan fingerprint density at radius 3 is 2.67 bits per heavy atom. The lowest BCUT2D eigenvalue weighted by atomic mass is 10.2. The van der Waals surface area contributed by atoms with Gasteiger partial charge in [0, 0.05) is 11.0 Å². The summed E-state index contributed by atoms with van der Waals surface area (Å²) < 4.78 is 27.0. The largest absolute Gasteiger partial charge is 0.219 e. The third kappa shape index (κ3) is 6.60. The Labute approximate surface area is 135 Å². The molecule has 21 heavy (non-hydrogen) atoms. The van der Waals surface area contributed by atoms with Crippen LogP contribution in [0.1, 0.15) is 38.2 Å². The highest BCUT2D eigenvalue weighted by Crippen LogP contribution is 2.16. The van der Waals surface area contributed by atoms with E-state index < -0.39 is 10.0 Å². The molecule has 1 aromatic rings. The molecule has 0 amide bonds. The molecule has 0 saturated carbocycles. The zero-order valence-electron chi connectivity index (χ0n) is 12.3. The van der Waals surface area contributed by atoms with Gasteiger partial charge in [-0.3, -0.25) is 0 Å². The van der Waals surface area contributed by atoms with Crippen molar-refractivity contribution < 1.29 is 8.42 Å². The summed E-state index contributed by atoms with van der Waals surface area (Å²) in [5, 5.41) is 8.85. The van der Waals surface area contributed by atoms with E-state index in [9.17, 15) is 8.42 Å². The normalized spacial score (nSPS) is 11.5. The third-order valence-corrected chi connectivity index (χ3v) is 5.43. The van der Waals surface area contributed by atoms with E-state index in [0.717, 1.165) is 35.7 Å². The molecule has 0 saturated heterocycles. The van der Waals surface area contributed by atoms with Crippen LogP contribution in [0.15, 0.2) is 28.7 Å². The summed E-state index contributed by atoms with van der Waals surface area (Å²) in [6, 6.07) is 9.19. The molecule has 0 aliphatic rings. The smallest absolute Gasteiger partial charge is 0.212 e. The first-order valence-electron chi connectivity index (χ1n) is 7.09. The topological polar surface area (TPSA) is 61.2 Å². The molecule has 0 fully saturated rings. The Morgan fingerprint density at radius 2 is 2.05 bits per heavy atom. The highest BCUT2D eigenvalue weighted by molar-refractivity contribution is 9.10. The van der Waals surface area contributed by atoms with Crippen LogP contribution in [0.4, 0.5) is 0 Å². The van der Waals surface area contributed by atoms with Gasteiger partial charge in [-0.25, -0.2) is 8.42 Å². The maximum absolute atomic E-state index is 12.4. The SMILES string of the molecule is CCCCCCN(CC#N)S(=O)(=O)Cc1cccc(Br)c1. The van der Waals surface area contributed by atoms with E-state index in [-0.39, 0.29) is 12.3 Å². The van der Waals surface area contributed by atoms with E-state index in [0.29, 0.717) is 6.54 Å². The van der Waals surface area contributed by atoms with Crippen LogP contribution < -0.4 is 0 Å². The second-order valence-electron chi connectivity index (χ2n) is 4.94. The Kier molecular flexibility index (Phi) is 7.94. The van der Waals surface area contributed by atoms with Crippen LogP contribution in [-0.4, -0.2) is 25.8 Å². The number of rotatable bonds is 9. The van der Waals surface area contributed by atoms with Crippen molar-refractivity contribution in [1.82, 2.24) is 4.31 Å². The van der Waals surface area contributed by atoms with Gasteiger partial charge in [0.15, 0.2) is 0 Å². The van der Waals surface area contributed by atoms with Gasteiger partial charge in [0.1, 0.15) is 6.54 Å². The lowest BCUT2D eigenvalue weighted by Crippen LogP contribution is -2.33. The van der Waals surface area contributed by atoms with E-state index >= 15 is 0 Å². The summed E-state index contributed by atoms with van der Waals surface area (Å²) in [5.41, 5.74) is 0.723. The molecule has 1 rings (SSSR count).